The lowest BCUT2D eigenvalue weighted by molar-refractivity contribution is -0.141. The maximum absolute atomic E-state index is 11.8. The molecule has 1 amide bonds. The van der Waals surface area contributed by atoms with Crippen molar-refractivity contribution < 1.29 is 19.1 Å². The summed E-state index contributed by atoms with van der Waals surface area (Å²) in [6, 6.07) is 5.73. The van der Waals surface area contributed by atoms with Gasteiger partial charge in [-0.1, -0.05) is 19.9 Å². The quantitative estimate of drug-likeness (QED) is 0.728. The number of esters is 1. The lowest BCUT2D eigenvalue weighted by Gasteiger charge is -2.14. The smallest absolute Gasteiger partial charge is 0.325 e. The van der Waals surface area contributed by atoms with Gasteiger partial charge in [-0.15, -0.1) is 0 Å². The molecule has 0 atom stereocenters. The van der Waals surface area contributed by atoms with Crippen LogP contribution in [0, 0.1) is 0 Å². The summed E-state index contributed by atoms with van der Waals surface area (Å²) in [6.07, 6.45) is 4.10. The molecule has 0 saturated heterocycles. The van der Waals surface area contributed by atoms with Crippen molar-refractivity contribution in [2.24, 2.45) is 0 Å². The number of ether oxygens (including phenoxy) is 2. The Hall–Kier alpha value is -2.50. The summed E-state index contributed by atoms with van der Waals surface area (Å²) in [4.78, 5) is 26.1. The number of aromatic nitrogens is 1. The fourth-order valence-electron chi connectivity index (χ4n) is 2.78. The number of fused-ring (bicyclic) bond motifs is 1. The molecule has 2 aromatic rings. The molecule has 0 fully saturated rings. The molecule has 6 heteroatoms. The number of rotatable bonds is 8. The fourth-order valence-corrected chi connectivity index (χ4v) is 2.78. The Morgan fingerprint density at radius 1 is 1.25 bits per heavy atom. The predicted octanol–water partition coefficient (Wildman–Crippen LogP) is 2.74. The first-order chi connectivity index (χ1) is 11.6. The highest BCUT2D eigenvalue weighted by molar-refractivity contribution is 5.90. The zero-order chi connectivity index (χ0) is 17.5. The van der Waals surface area contributed by atoms with E-state index in [2.05, 4.69) is 28.9 Å². The Kier molecular flexibility index (Phi) is 6.23. The number of carbonyl (C=O) groups excluding carboxylic acids is 2. The number of hydrogen-bond acceptors (Lipinski definition) is 4. The van der Waals surface area contributed by atoms with Crippen LogP contribution in [0.2, 0.25) is 0 Å². The van der Waals surface area contributed by atoms with Crippen LogP contribution in [0.15, 0.2) is 24.4 Å². The largest absolute Gasteiger partial charge is 0.483 e. The first kappa shape index (κ1) is 17.8. The van der Waals surface area contributed by atoms with Crippen LogP contribution in [0.5, 0.6) is 5.75 Å². The van der Waals surface area contributed by atoms with Gasteiger partial charge in [-0.2, -0.15) is 0 Å². The molecule has 0 saturated carbocycles. The average molecular weight is 332 g/mol. The van der Waals surface area contributed by atoms with Crippen LogP contribution in [0.1, 0.15) is 38.2 Å². The molecule has 1 aromatic carbocycles. The van der Waals surface area contributed by atoms with Crippen LogP contribution in [0.25, 0.3) is 10.9 Å². The number of aromatic amines is 1. The number of benzene rings is 1. The van der Waals surface area contributed by atoms with Crippen molar-refractivity contribution in [3.05, 3.63) is 30.0 Å². The zero-order valence-corrected chi connectivity index (χ0v) is 14.3. The molecule has 0 radical (unpaired) electrons. The second-order valence-corrected chi connectivity index (χ2v) is 5.58. The van der Waals surface area contributed by atoms with E-state index in [1.54, 1.807) is 0 Å². The third kappa shape index (κ3) is 4.07. The van der Waals surface area contributed by atoms with E-state index in [1.807, 2.05) is 24.4 Å². The monoisotopic (exact) mass is 332 g/mol. The van der Waals surface area contributed by atoms with Crippen molar-refractivity contribution >= 4 is 22.8 Å². The van der Waals surface area contributed by atoms with E-state index in [0.717, 1.165) is 23.7 Å². The van der Waals surface area contributed by atoms with E-state index in [9.17, 15) is 9.59 Å². The first-order valence-electron chi connectivity index (χ1n) is 8.16. The molecule has 0 aliphatic carbocycles. The van der Waals surface area contributed by atoms with Gasteiger partial charge in [-0.05, 0) is 36.5 Å². The lowest BCUT2D eigenvalue weighted by Crippen LogP contribution is -2.33. The number of hydrogen-bond donors (Lipinski definition) is 2. The summed E-state index contributed by atoms with van der Waals surface area (Å²) in [5, 5.41) is 3.48. The third-order valence-corrected chi connectivity index (χ3v) is 4.14. The number of amides is 1. The van der Waals surface area contributed by atoms with Crippen molar-refractivity contribution in [3.8, 4) is 5.75 Å². The summed E-state index contributed by atoms with van der Waals surface area (Å²) >= 11 is 0. The first-order valence-corrected chi connectivity index (χ1v) is 8.16. The average Bonchev–Trinajstić information content (AvgIpc) is 3.03. The molecule has 0 aliphatic rings. The molecular formula is C18H24N2O4. The molecule has 0 spiro atoms. The van der Waals surface area contributed by atoms with Gasteiger partial charge in [-0.3, -0.25) is 9.59 Å². The van der Waals surface area contributed by atoms with Gasteiger partial charge in [0.2, 0.25) is 0 Å². The van der Waals surface area contributed by atoms with Gasteiger partial charge in [0.1, 0.15) is 12.3 Å². The lowest BCUT2D eigenvalue weighted by atomic mass is 9.93. The highest BCUT2D eigenvalue weighted by atomic mass is 16.5. The van der Waals surface area contributed by atoms with Crippen LogP contribution in [0.4, 0.5) is 0 Å². The van der Waals surface area contributed by atoms with Gasteiger partial charge < -0.3 is 19.8 Å². The van der Waals surface area contributed by atoms with Crippen molar-refractivity contribution in [1.82, 2.24) is 10.3 Å². The van der Waals surface area contributed by atoms with Crippen LogP contribution in [0.3, 0.4) is 0 Å². The van der Waals surface area contributed by atoms with E-state index >= 15 is 0 Å². The molecule has 1 aromatic heterocycles. The van der Waals surface area contributed by atoms with Crippen LogP contribution in [-0.4, -0.2) is 37.1 Å². The van der Waals surface area contributed by atoms with Crippen molar-refractivity contribution in [2.75, 3.05) is 20.3 Å². The number of methoxy groups -OCH3 is 1. The minimum Gasteiger partial charge on any atom is -0.483 e. The van der Waals surface area contributed by atoms with Gasteiger partial charge in [0.25, 0.3) is 5.91 Å². The number of H-pyrrole nitrogens is 1. The number of carbonyl (C=O) groups is 2. The maximum atomic E-state index is 11.8. The van der Waals surface area contributed by atoms with Crippen molar-refractivity contribution in [2.45, 2.75) is 32.6 Å². The van der Waals surface area contributed by atoms with E-state index in [-0.39, 0.29) is 19.1 Å². The van der Waals surface area contributed by atoms with Crippen molar-refractivity contribution in [3.63, 3.8) is 0 Å². The van der Waals surface area contributed by atoms with Gasteiger partial charge in [-0.25, -0.2) is 0 Å². The minimum atomic E-state index is -0.493. The second-order valence-electron chi connectivity index (χ2n) is 5.58. The summed E-state index contributed by atoms with van der Waals surface area (Å²) < 4.78 is 10.2. The summed E-state index contributed by atoms with van der Waals surface area (Å²) in [7, 11) is 1.27. The SMILES string of the molecule is CCC(CC)c1c[nH]c2cccc(OCC(=O)NCC(=O)OC)c12. The Bertz CT molecular complexity index is 704. The molecule has 2 N–H and O–H groups in total. The molecule has 2 rings (SSSR count). The predicted molar refractivity (Wildman–Crippen MR) is 92.1 cm³/mol. The zero-order valence-electron chi connectivity index (χ0n) is 14.3. The highest BCUT2D eigenvalue weighted by Crippen LogP contribution is 2.35. The van der Waals surface area contributed by atoms with E-state index in [4.69, 9.17) is 4.74 Å². The molecule has 130 valence electrons. The van der Waals surface area contributed by atoms with Crippen molar-refractivity contribution in [1.29, 1.82) is 0 Å². The standard InChI is InChI=1S/C18H24N2O4/c1-4-12(5-2)13-9-19-14-7-6-8-15(18(13)14)24-11-16(21)20-10-17(22)23-3/h6-9,12,19H,4-5,10-11H2,1-3H3,(H,20,21). The van der Waals surface area contributed by atoms with E-state index in [0.29, 0.717) is 11.7 Å². The fraction of sp³-hybridized carbons (Fsp3) is 0.444. The van der Waals surface area contributed by atoms with Gasteiger partial charge >= 0.3 is 5.97 Å². The highest BCUT2D eigenvalue weighted by Gasteiger charge is 2.16. The van der Waals surface area contributed by atoms with Gasteiger partial charge in [0.15, 0.2) is 6.61 Å². The summed E-state index contributed by atoms with van der Waals surface area (Å²) in [5.74, 6) is 0.254. The van der Waals surface area contributed by atoms with E-state index in [1.165, 1.54) is 12.7 Å². The van der Waals surface area contributed by atoms with Crippen LogP contribution >= 0.6 is 0 Å². The topological polar surface area (TPSA) is 80.4 Å². The Balaban J connectivity index is 2.12. The van der Waals surface area contributed by atoms with Gasteiger partial charge in [0, 0.05) is 17.1 Å². The maximum Gasteiger partial charge on any atom is 0.325 e. The van der Waals surface area contributed by atoms with Gasteiger partial charge in [0.05, 0.1) is 7.11 Å². The number of nitrogens with one attached hydrogen (secondary N) is 2. The minimum absolute atomic E-state index is 0.149. The molecule has 0 aliphatic heterocycles. The van der Waals surface area contributed by atoms with E-state index < -0.39 is 5.97 Å². The molecule has 1 heterocycles. The Morgan fingerprint density at radius 2 is 2.00 bits per heavy atom. The molecule has 0 unspecified atom stereocenters. The van der Waals surface area contributed by atoms with Crippen LogP contribution in [-0.2, 0) is 14.3 Å². The normalized spacial score (nSPS) is 10.8. The Labute approximate surface area is 141 Å². The van der Waals surface area contributed by atoms with Crippen LogP contribution < -0.4 is 10.1 Å². The molecule has 0 bridgehead atoms. The molecular weight excluding hydrogens is 308 g/mol. The Morgan fingerprint density at radius 3 is 2.67 bits per heavy atom. The summed E-state index contributed by atoms with van der Waals surface area (Å²) in [6.45, 7) is 4.02. The second kappa shape index (κ2) is 8.38. The summed E-state index contributed by atoms with van der Waals surface area (Å²) in [5.41, 5.74) is 2.20. The third-order valence-electron chi connectivity index (χ3n) is 4.14. The molecule has 24 heavy (non-hydrogen) atoms. The molecule has 6 nitrogen and oxygen atoms in total.